The number of halogens is 6. The van der Waals surface area contributed by atoms with E-state index in [2.05, 4.69) is 57.5 Å². The number of carboxylic acid groups (broad SMARTS) is 2. The first kappa shape index (κ1) is 67.1. The zero-order valence-corrected chi connectivity index (χ0v) is 50.9. The van der Waals surface area contributed by atoms with Gasteiger partial charge in [-0.1, -0.05) is 50.2 Å². The van der Waals surface area contributed by atoms with E-state index in [9.17, 15) is 46.1 Å². The maximum absolute atomic E-state index is 14.2. The zero-order valence-electron chi connectivity index (χ0n) is 50.1. The molecule has 0 spiro atoms. The van der Waals surface area contributed by atoms with Gasteiger partial charge in [-0.15, -0.1) is 21.5 Å². The number of carbonyl (C=O) groups excluding carboxylic acids is 2. The minimum atomic E-state index is -5.08. The number of carboxylic acids is 2. The highest BCUT2D eigenvalue weighted by atomic mass is 32.1. The molecule has 23 nitrogen and oxygen atoms in total. The van der Waals surface area contributed by atoms with Gasteiger partial charge in [-0.05, 0) is 86.0 Å². The van der Waals surface area contributed by atoms with Crippen molar-refractivity contribution in [1.82, 2.24) is 40.4 Å². The normalized spacial score (nSPS) is 21.6. The molecule has 7 N–H and O–H groups in total. The number of β-amino-alcohol motifs (C(OH)–C–C–N with tert-alkyl or cyclic N) is 1. The van der Waals surface area contributed by atoms with Crippen molar-refractivity contribution in [2.24, 2.45) is 5.92 Å². The molecule has 6 aromatic rings. The van der Waals surface area contributed by atoms with Crippen LogP contribution < -0.4 is 30.3 Å². The van der Waals surface area contributed by atoms with Gasteiger partial charge in [0.05, 0.1) is 51.8 Å². The summed E-state index contributed by atoms with van der Waals surface area (Å²) in [5.74, 6) is -5.18. The lowest BCUT2D eigenvalue weighted by Crippen LogP contribution is -2.54. The second kappa shape index (κ2) is 28.9. The number of aliphatic hydroxyl groups is 1. The van der Waals surface area contributed by atoms with E-state index >= 15 is 0 Å². The summed E-state index contributed by atoms with van der Waals surface area (Å²) in [5, 5.41) is 51.2. The smallest absolute Gasteiger partial charge is 0.490 e. The number of carbonyl (C=O) groups is 4. The van der Waals surface area contributed by atoms with E-state index in [1.807, 2.05) is 81.9 Å². The number of ether oxygens (including phenoxy) is 3. The highest BCUT2D eigenvalue weighted by Crippen LogP contribution is 2.41. The summed E-state index contributed by atoms with van der Waals surface area (Å²) in [6, 6.07) is 22.4. The van der Waals surface area contributed by atoms with Crippen LogP contribution in [0.3, 0.4) is 0 Å². The molecular weight excluding hydrogens is 1220 g/mol. The minimum absolute atomic E-state index is 0.0528. The molecular formula is C61H71F6N11O12S. The van der Waals surface area contributed by atoms with Crippen molar-refractivity contribution in [2.75, 3.05) is 61.4 Å². The second-order valence-corrected chi connectivity index (χ2v) is 24.2. The number of phenolic OH excluding ortho intramolecular Hbond substituents is 1. The number of anilines is 3. The van der Waals surface area contributed by atoms with Crippen LogP contribution in [-0.2, 0) is 23.9 Å². The van der Waals surface area contributed by atoms with Gasteiger partial charge in [-0.25, -0.2) is 19.6 Å². The number of nitrogen functional groups attached to an aromatic ring is 1. The van der Waals surface area contributed by atoms with Crippen LogP contribution in [0.25, 0.3) is 21.7 Å². The number of fused-ring (bicyclic) bond motifs is 2. The van der Waals surface area contributed by atoms with Crippen molar-refractivity contribution in [3.63, 3.8) is 0 Å². The van der Waals surface area contributed by atoms with Crippen LogP contribution in [0.1, 0.15) is 94.7 Å². The highest BCUT2D eigenvalue weighted by molar-refractivity contribution is 7.13. The third-order valence-electron chi connectivity index (χ3n) is 16.6. The molecule has 2 unspecified atom stereocenters. The maximum atomic E-state index is 14.2. The number of alkyl halides is 6. The molecule has 1 aliphatic carbocycles. The number of aryl methyl sites for hydroxylation is 1. The molecule has 490 valence electrons. The highest BCUT2D eigenvalue weighted by Gasteiger charge is 2.45. The average Bonchev–Trinajstić information content (AvgIpc) is 1.98. The fourth-order valence-electron chi connectivity index (χ4n) is 11.9. The summed E-state index contributed by atoms with van der Waals surface area (Å²) < 4.78 is 88.2. The molecule has 0 radical (unpaired) electrons. The maximum Gasteiger partial charge on any atom is 0.490 e. The van der Waals surface area contributed by atoms with Crippen molar-refractivity contribution >= 4 is 52.3 Å². The molecule has 6 atom stereocenters. The van der Waals surface area contributed by atoms with Crippen LogP contribution in [0.15, 0.2) is 89.0 Å². The minimum Gasteiger partial charge on any atom is -0.507 e. The number of thiazole rings is 1. The van der Waals surface area contributed by atoms with Gasteiger partial charge in [-0.2, -0.15) is 26.3 Å². The van der Waals surface area contributed by atoms with Crippen LogP contribution in [0.5, 0.6) is 17.5 Å². The largest absolute Gasteiger partial charge is 0.507 e. The molecule has 4 aliphatic heterocycles. The Morgan fingerprint density at radius 3 is 2.09 bits per heavy atom. The number of phenols is 1. The summed E-state index contributed by atoms with van der Waals surface area (Å²) in [6.07, 6.45) is -2.94. The van der Waals surface area contributed by atoms with E-state index in [0.29, 0.717) is 47.7 Å². The number of piperazine rings is 1. The number of benzene rings is 2. The first-order valence-electron chi connectivity index (χ1n) is 29.6. The Balaban J connectivity index is 0.000000629. The van der Waals surface area contributed by atoms with Crippen molar-refractivity contribution in [2.45, 2.75) is 139 Å². The number of amides is 2. The molecule has 5 fully saturated rings. The lowest BCUT2D eigenvalue weighted by Gasteiger charge is -2.43. The summed E-state index contributed by atoms with van der Waals surface area (Å²) in [4.78, 5) is 64.5. The molecule has 8 heterocycles. The number of para-hydroxylation sites is 1. The van der Waals surface area contributed by atoms with Gasteiger partial charge in [0.2, 0.25) is 17.7 Å². The predicted octanol–water partition coefficient (Wildman–Crippen LogP) is 8.42. The predicted molar refractivity (Wildman–Crippen MR) is 319 cm³/mol. The Kier molecular flexibility index (Phi) is 21.3. The monoisotopic (exact) mass is 1300 g/mol. The van der Waals surface area contributed by atoms with Crippen molar-refractivity contribution < 1.29 is 84.7 Å². The van der Waals surface area contributed by atoms with E-state index in [-0.39, 0.29) is 72.9 Å². The molecule has 2 amide bonds. The van der Waals surface area contributed by atoms with Crippen LogP contribution in [0.2, 0.25) is 0 Å². The molecule has 2 aromatic carbocycles. The first-order valence-corrected chi connectivity index (χ1v) is 30.5. The van der Waals surface area contributed by atoms with Crippen molar-refractivity contribution in [1.29, 1.82) is 0 Å². The van der Waals surface area contributed by atoms with Gasteiger partial charge < -0.3 is 64.9 Å². The number of rotatable bonds is 18. The Morgan fingerprint density at radius 1 is 0.813 bits per heavy atom. The molecule has 11 rings (SSSR count). The van der Waals surface area contributed by atoms with Gasteiger partial charge in [0.1, 0.15) is 30.4 Å². The van der Waals surface area contributed by atoms with Crippen molar-refractivity contribution in [3.05, 3.63) is 102 Å². The van der Waals surface area contributed by atoms with E-state index in [1.165, 1.54) is 4.90 Å². The third kappa shape index (κ3) is 16.8. The van der Waals surface area contributed by atoms with Crippen LogP contribution in [0.4, 0.5) is 43.5 Å². The zero-order chi connectivity index (χ0) is 65.5. The van der Waals surface area contributed by atoms with Crippen LogP contribution >= 0.6 is 11.3 Å². The number of aromatic nitrogens is 5. The number of aromatic hydroxyl groups is 1. The van der Waals surface area contributed by atoms with Crippen molar-refractivity contribution in [3.8, 4) is 39.2 Å². The SMILES string of the molecule is Cc1ncsc1-c1ccc([C@H](C)NC(=O)[C@@H]2C[C@@H](O)CN2C(=O)[C@@H](c2cc(OCCN3CCC(OC4CC(Oc5cc(N6C7CCC6CN(c6cc(-c8ccccc8O)nnc6N)C7)ccn5)C4)CC3)no2)C(C)C)cc1.O=C(O)C(F)(F)F.O=C(O)C(F)(F)F. The Hall–Kier alpha value is -8.35. The molecule has 2 bridgehead atoms. The van der Waals surface area contributed by atoms with Gasteiger partial charge in [0, 0.05) is 100 Å². The Morgan fingerprint density at radius 2 is 1.47 bits per heavy atom. The molecule has 4 aromatic heterocycles. The molecule has 4 saturated heterocycles. The van der Waals surface area contributed by atoms with Gasteiger partial charge in [0.15, 0.2) is 11.6 Å². The average molecular weight is 1300 g/mol. The molecule has 91 heavy (non-hydrogen) atoms. The standard InChI is InChI=1S/C57H69N11O8S.2C2HF3O2/c1-33(2)53(57(72)67-31-41(69)24-48(67)56(71)61-34(3)36-9-11-37(12-10-36)54-35(4)60-32-77-54)50-28-52(64-76-50)73-22-21-65-19-16-42(17-20-65)74-43-25-44(26-43)75-51-23-38(15-18-59-51)68-39-13-14-40(68)30-66(29-39)47-27-46(62-63-55(47)58)45-7-5-6-8-49(45)70;2*3-2(4,5)1(6)7/h5-12,15,18,23,27-28,32-34,39-44,48,53,69-70H,13-14,16-17,19-22,24-26,29-31H2,1-4H3,(H2,58,63)(H,61,71);2*(H,6,7)/t34-,39?,40?,41+,43?,44?,48-,53+;;/m0../s1. The van der Waals surface area contributed by atoms with Crippen LogP contribution in [0, 0.1) is 12.8 Å². The second-order valence-electron chi connectivity index (χ2n) is 23.3. The number of pyridine rings is 1. The van der Waals surface area contributed by atoms with E-state index in [4.69, 9.17) is 44.3 Å². The number of nitrogens with one attached hydrogen (secondary N) is 1. The Labute approximate surface area is 523 Å². The van der Waals surface area contributed by atoms with Crippen LogP contribution in [-0.4, -0.2) is 180 Å². The number of likely N-dealkylation sites (tertiary alicyclic amines) is 2. The number of hydrogen-bond donors (Lipinski definition) is 6. The van der Waals surface area contributed by atoms with Gasteiger partial charge in [0.25, 0.3) is 5.88 Å². The molecule has 30 heteroatoms. The number of nitrogens with two attached hydrogens (primary N) is 1. The Bertz CT molecular complexity index is 3440. The lowest BCUT2D eigenvalue weighted by atomic mass is 9.91. The molecule has 1 saturated carbocycles. The van der Waals surface area contributed by atoms with Gasteiger partial charge in [-0.3, -0.25) is 14.5 Å². The summed E-state index contributed by atoms with van der Waals surface area (Å²) in [6.45, 7) is 12.3. The quantitative estimate of drug-likeness (QED) is 0.0440. The number of aliphatic hydroxyl groups excluding tert-OH is 1. The van der Waals surface area contributed by atoms with Gasteiger partial charge >= 0.3 is 24.3 Å². The molecule has 5 aliphatic rings. The fraction of sp³-hybridized carbons (Fsp3) is 0.492. The number of piperidine rings is 1. The number of hydrogen-bond acceptors (Lipinski definition) is 20. The fourth-order valence-corrected chi connectivity index (χ4v) is 12.7. The lowest BCUT2D eigenvalue weighted by molar-refractivity contribution is -0.193. The van der Waals surface area contributed by atoms with E-state index in [0.717, 1.165) is 97.8 Å². The van der Waals surface area contributed by atoms with E-state index in [1.54, 1.807) is 29.5 Å². The number of aliphatic carboxylic acids is 2. The summed E-state index contributed by atoms with van der Waals surface area (Å²) >= 11 is 1.59. The van der Waals surface area contributed by atoms with E-state index < -0.39 is 42.4 Å². The third-order valence-corrected chi connectivity index (χ3v) is 17.6. The first-order chi connectivity index (χ1) is 43.2. The summed E-state index contributed by atoms with van der Waals surface area (Å²) in [5.41, 5.74) is 14.4. The summed E-state index contributed by atoms with van der Waals surface area (Å²) in [7, 11) is 0. The number of nitrogens with zero attached hydrogens (tertiary/aromatic N) is 9. The topological polar surface area (TPSA) is 305 Å².